The van der Waals surface area contributed by atoms with Gasteiger partial charge in [-0.05, 0) is 12.5 Å². The number of hydrogen-bond donors (Lipinski definition) is 1. The number of thiazole rings is 1. The van der Waals surface area contributed by atoms with Gasteiger partial charge in [-0.2, -0.15) is 0 Å². The van der Waals surface area contributed by atoms with Crippen LogP contribution in [-0.4, -0.2) is 35.5 Å². The number of amides is 1. The van der Waals surface area contributed by atoms with E-state index in [1.54, 1.807) is 11.3 Å². The van der Waals surface area contributed by atoms with Crippen LogP contribution in [0.4, 0.5) is 0 Å². The molecule has 2 heterocycles. The average Bonchev–Trinajstić information content (AvgIpc) is 2.95. The largest absolute Gasteiger partial charge is 0.368 e. The third-order valence-corrected chi connectivity index (χ3v) is 4.81. The highest BCUT2D eigenvalue weighted by Crippen LogP contribution is 2.30. The molecule has 116 valence electrons. The minimum atomic E-state index is -0.423. The summed E-state index contributed by atoms with van der Waals surface area (Å²) in [5.74, 6) is -0.331. The van der Waals surface area contributed by atoms with Gasteiger partial charge in [-0.15, -0.1) is 11.3 Å². The number of carbonyl (C=O) groups excluding carboxylic acids is 1. The van der Waals surface area contributed by atoms with E-state index in [0.717, 1.165) is 16.3 Å². The molecule has 3 rings (SSSR count). The van der Waals surface area contributed by atoms with Crippen molar-refractivity contribution < 1.29 is 9.53 Å². The number of aromatic nitrogens is 1. The number of hydrogen-bond acceptors (Lipinski definition) is 5. The summed E-state index contributed by atoms with van der Waals surface area (Å²) < 4.78 is 5.83. The standard InChI is InChI=1S/C16H19N3O2S/c1-11-10-22-16(18-11)13-9-19(7-8-21-13)14(15(17)20)12-5-3-2-4-6-12/h2-6,10,13-14H,7-9H2,1H3,(H2,17,20)/t13-,14-/m1/s1. The first-order chi connectivity index (χ1) is 10.6. The van der Waals surface area contributed by atoms with Gasteiger partial charge in [0.25, 0.3) is 0 Å². The van der Waals surface area contributed by atoms with E-state index in [1.807, 2.05) is 42.6 Å². The lowest BCUT2D eigenvalue weighted by Gasteiger charge is -2.36. The van der Waals surface area contributed by atoms with E-state index in [4.69, 9.17) is 10.5 Å². The van der Waals surface area contributed by atoms with Gasteiger partial charge in [-0.1, -0.05) is 30.3 Å². The molecule has 1 aromatic carbocycles. The highest BCUT2D eigenvalue weighted by molar-refractivity contribution is 7.09. The third kappa shape index (κ3) is 3.19. The number of nitrogens with zero attached hydrogens (tertiary/aromatic N) is 2. The lowest BCUT2D eigenvalue weighted by molar-refractivity contribution is -0.127. The molecule has 0 bridgehead atoms. The summed E-state index contributed by atoms with van der Waals surface area (Å²) in [5, 5.41) is 2.97. The second kappa shape index (κ2) is 6.56. The smallest absolute Gasteiger partial charge is 0.239 e. The van der Waals surface area contributed by atoms with Crippen LogP contribution in [0.25, 0.3) is 0 Å². The van der Waals surface area contributed by atoms with Crippen LogP contribution in [0.15, 0.2) is 35.7 Å². The van der Waals surface area contributed by atoms with Crippen LogP contribution < -0.4 is 5.73 Å². The fourth-order valence-corrected chi connectivity index (χ4v) is 3.60. The molecule has 0 spiro atoms. The molecule has 2 N–H and O–H groups in total. The molecule has 1 aliphatic rings. The van der Waals surface area contributed by atoms with Gasteiger partial charge in [0.05, 0.1) is 6.61 Å². The van der Waals surface area contributed by atoms with E-state index in [0.29, 0.717) is 19.7 Å². The zero-order valence-electron chi connectivity index (χ0n) is 12.4. The molecule has 1 aromatic heterocycles. The van der Waals surface area contributed by atoms with E-state index >= 15 is 0 Å². The zero-order chi connectivity index (χ0) is 15.5. The van der Waals surface area contributed by atoms with Crippen molar-refractivity contribution in [1.82, 2.24) is 9.88 Å². The maximum atomic E-state index is 12.0. The molecular weight excluding hydrogens is 298 g/mol. The van der Waals surface area contributed by atoms with Crippen LogP contribution in [0.2, 0.25) is 0 Å². The van der Waals surface area contributed by atoms with Crippen LogP contribution in [0.5, 0.6) is 0 Å². The van der Waals surface area contributed by atoms with Crippen molar-refractivity contribution in [3.63, 3.8) is 0 Å². The third-order valence-electron chi connectivity index (χ3n) is 3.76. The molecule has 2 aromatic rings. The first kappa shape index (κ1) is 15.1. The molecule has 0 radical (unpaired) electrons. The molecule has 6 heteroatoms. The quantitative estimate of drug-likeness (QED) is 0.937. The van der Waals surface area contributed by atoms with Gasteiger partial charge in [0.2, 0.25) is 5.91 Å². The predicted molar refractivity (Wildman–Crippen MR) is 85.5 cm³/mol. The molecule has 0 unspecified atom stereocenters. The summed E-state index contributed by atoms with van der Waals surface area (Å²) in [6.07, 6.45) is -0.0991. The summed E-state index contributed by atoms with van der Waals surface area (Å²) in [5.41, 5.74) is 7.57. The van der Waals surface area contributed by atoms with Crippen molar-refractivity contribution in [2.75, 3.05) is 19.7 Å². The van der Waals surface area contributed by atoms with Crippen LogP contribution in [-0.2, 0) is 9.53 Å². The van der Waals surface area contributed by atoms with Crippen molar-refractivity contribution in [2.24, 2.45) is 5.73 Å². The molecule has 0 aliphatic carbocycles. The van der Waals surface area contributed by atoms with Crippen molar-refractivity contribution in [3.8, 4) is 0 Å². The molecule has 22 heavy (non-hydrogen) atoms. The number of morpholine rings is 1. The number of benzene rings is 1. The predicted octanol–water partition coefficient (Wildman–Crippen LogP) is 2.05. The summed E-state index contributed by atoms with van der Waals surface area (Å²) in [4.78, 5) is 18.6. The number of rotatable bonds is 4. The Morgan fingerprint density at radius 1 is 1.45 bits per heavy atom. The zero-order valence-corrected chi connectivity index (χ0v) is 13.3. The van der Waals surface area contributed by atoms with Crippen LogP contribution >= 0.6 is 11.3 Å². The molecular formula is C16H19N3O2S. The normalized spacial score (nSPS) is 20.7. The topological polar surface area (TPSA) is 68.5 Å². The molecule has 1 fully saturated rings. The number of aryl methyl sites for hydroxylation is 1. The van der Waals surface area contributed by atoms with E-state index in [-0.39, 0.29) is 12.0 Å². The molecule has 2 atom stereocenters. The van der Waals surface area contributed by atoms with Crippen molar-refractivity contribution in [3.05, 3.63) is 52.0 Å². The van der Waals surface area contributed by atoms with Gasteiger partial charge < -0.3 is 10.5 Å². The molecule has 0 saturated carbocycles. The molecule has 1 amide bonds. The van der Waals surface area contributed by atoms with E-state index in [9.17, 15) is 4.79 Å². The molecule has 5 nitrogen and oxygen atoms in total. The minimum Gasteiger partial charge on any atom is -0.368 e. The number of carbonyl (C=O) groups is 1. The fourth-order valence-electron chi connectivity index (χ4n) is 2.76. The molecule has 1 aliphatic heterocycles. The number of nitrogens with two attached hydrogens (primary N) is 1. The summed E-state index contributed by atoms with van der Waals surface area (Å²) in [6, 6.07) is 9.23. The Balaban J connectivity index is 1.81. The summed E-state index contributed by atoms with van der Waals surface area (Å²) >= 11 is 1.60. The van der Waals surface area contributed by atoms with Gasteiger partial charge in [0.15, 0.2) is 0 Å². The van der Waals surface area contributed by atoms with E-state index in [2.05, 4.69) is 9.88 Å². The van der Waals surface area contributed by atoms with E-state index < -0.39 is 6.04 Å². The Hall–Kier alpha value is -1.76. The van der Waals surface area contributed by atoms with Gasteiger partial charge in [-0.25, -0.2) is 4.98 Å². The Kier molecular flexibility index (Phi) is 4.52. The van der Waals surface area contributed by atoms with Crippen LogP contribution in [0, 0.1) is 6.92 Å². The van der Waals surface area contributed by atoms with Crippen molar-refractivity contribution >= 4 is 17.2 Å². The molecule has 1 saturated heterocycles. The lowest BCUT2D eigenvalue weighted by Crippen LogP contribution is -2.45. The van der Waals surface area contributed by atoms with Crippen molar-refractivity contribution in [1.29, 1.82) is 0 Å². The van der Waals surface area contributed by atoms with Gasteiger partial charge in [0, 0.05) is 24.2 Å². The summed E-state index contributed by atoms with van der Waals surface area (Å²) in [6.45, 7) is 3.84. The SMILES string of the molecule is Cc1csc([C@H]2CN([C@@H](C(N)=O)c3ccccc3)CCO2)n1. The summed E-state index contributed by atoms with van der Waals surface area (Å²) in [7, 11) is 0. The second-order valence-electron chi connectivity index (χ2n) is 5.40. The van der Waals surface area contributed by atoms with Crippen LogP contribution in [0.1, 0.15) is 28.4 Å². The maximum Gasteiger partial charge on any atom is 0.239 e. The Bertz CT molecular complexity index is 644. The Morgan fingerprint density at radius 3 is 2.86 bits per heavy atom. The van der Waals surface area contributed by atoms with Gasteiger partial charge in [0.1, 0.15) is 17.2 Å². The van der Waals surface area contributed by atoms with Crippen molar-refractivity contribution in [2.45, 2.75) is 19.1 Å². The van der Waals surface area contributed by atoms with Gasteiger partial charge in [-0.3, -0.25) is 9.69 Å². The Labute approximate surface area is 133 Å². The lowest BCUT2D eigenvalue weighted by atomic mass is 10.0. The maximum absolute atomic E-state index is 12.0. The first-order valence-corrected chi connectivity index (χ1v) is 8.15. The minimum absolute atomic E-state index is 0.0991. The van der Waals surface area contributed by atoms with Gasteiger partial charge >= 0.3 is 0 Å². The van der Waals surface area contributed by atoms with E-state index in [1.165, 1.54) is 0 Å². The monoisotopic (exact) mass is 317 g/mol. The first-order valence-electron chi connectivity index (χ1n) is 7.27. The average molecular weight is 317 g/mol. The van der Waals surface area contributed by atoms with Crippen LogP contribution in [0.3, 0.4) is 0 Å². The second-order valence-corrected chi connectivity index (χ2v) is 6.29. The highest BCUT2D eigenvalue weighted by Gasteiger charge is 2.32. The Morgan fingerprint density at radius 2 is 2.23 bits per heavy atom. The fraction of sp³-hybridized carbons (Fsp3) is 0.375. The number of ether oxygens (including phenoxy) is 1. The highest BCUT2D eigenvalue weighted by atomic mass is 32.1. The number of primary amides is 1.